The minimum Gasteiger partial charge on any atom is -0.364 e. The number of aromatic nitrogens is 1. The van der Waals surface area contributed by atoms with Crippen molar-refractivity contribution >= 4 is 5.82 Å². The van der Waals surface area contributed by atoms with Gasteiger partial charge in [0, 0.05) is 6.20 Å². The fourth-order valence-corrected chi connectivity index (χ4v) is 0.864. The smallest absolute Gasteiger partial charge is 0.276 e. The molecule has 3 nitrogen and oxygen atoms in total. The lowest BCUT2D eigenvalue weighted by Crippen LogP contribution is -2.35. The zero-order valence-corrected chi connectivity index (χ0v) is 7.93. The molecule has 14 heavy (non-hydrogen) atoms. The van der Waals surface area contributed by atoms with Crippen molar-refractivity contribution < 1.29 is 8.78 Å². The van der Waals surface area contributed by atoms with Gasteiger partial charge >= 0.3 is 0 Å². The predicted molar refractivity (Wildman–Crippen MR) is 51.5 cm³/mol. The Balaban J connectivity index is 2.50. The Hall–Kier alpha value is -1.23. The Kier molecular flexibility index (Phi) is 3.35. The largest absolute Gasteiger partial charge is 0.364 e. The lowest BCUT2D eigenvalue weighted by atomic mass is 10.3. The molecule has 1 heterocycles. The normalized spacial score (nSPS) is 11.4. The third-order valence-electron chi connectivity index (χ3n) is 1.74. The summed E-state index contributed by atoms with van der Waals surface area (Å²) >= 11 is 0. The summed E-state index contributed by atoms with van der Waals surface area (Å²) in [6.07, 6.45) is 1.61. The number of hydrogen-bond acceptors (Lipinski definition) is 3. The summed E-state index contributed by atoms with van der Waals surface area (Å²) in [5.41, 5.74) is 5.87. The molecular formula is C9H13F2N3. The Bertz CT molecular complexity index is 285. The third-order valence-corrected chi connectivity index (χ3v) is 1.74. The first-order valence-corrected chi connectivity index (χ1v) is 4.28. The number of halogens is 2. The van der Waals surface area contributed by atoms with Crippen LogP contribution in [0.4, 0.5) is 14.6 Å². The van der Waals surface area contributed by atoms with Gasteiger partial charge in [0.15, 0.2) is 0 Å². The van der Waals surface area contributed by atoms with Crippen molar-refractivity contribution in [3.63, 3.8) is 0 Å². The summed E-state index contributed by atoms with van der Waals surface area (Å²) in [7, 11) is 0. The molecule has 0 bridgehead atoms. The van der Waals surface area contributed by atoms with Crippen LogP contribution in [0.25, 0.3) is 0 Å². The van der Waals surface area contributed by atoms with Crippen molar-refractivity contribution in [3.8, 4) is 0 Å². The topological polar surface area (TPSA) is 50.9 Å². The van der Waals surface area contributed by atoms with E-state index in [2.05, 4.69) is 10.3 Å². The highest BCUT2D eigenvalue weighted by Crippen LogP contribution is 2.12. The van der Waals surface area contributed by atoms with Gasteiger partial charge in [-0.05, 0) is 18.6 Å². The number of rotatable bonds is 4. The number of anilines is 1. The molecule has 1 aromatic heterocycles. The van der Waals surface area contributed by atoms with Crippen molar-refractivity contribution in [2.24, 2.45) is 5.73 Å². The quantitative estimate of drug-likeness (QED) is 0.774. The van der Waals surface area contributed by atoms with Crippen LogP contribution < -0.4 is 11.1 Å². The van der Waals surface area contributed by atoms with Crippen LogP contribution in [-0.4, -0.2) is 24.0 Å². The maximum atomic E-state index is 12.7. The molecule has 1 rings (SSSR count). The number of nitrogens with zero attached hydrogens (tertiary/aromatic N) is 1. The standard InChI is InChI=1S/C9H13F2N3/c1-7-2-3-8(13-4-7)14-6-9(10,11)5-12/h2-4H,5-6,12H2,1H3,(H,13,14). The van der Waals surface area contributed by atoms with Crippen LogP contribution >= 0.6 is 0 Å². The zero-order chi connectivity index (χ0) is 10.6. The Labute approximate surface area is 81.3 Å². The second-order valence-electron chi connectivity index (χ2n) is 3.13. The molecule has 0 aliphatic carbocycles. The van der Waals surface area contributed by atoms with Gasteiger partial charge in [-0.1, -0.05) is 6.07 Å². The Morgan fingerprint density at radius 2 is 2.21 bits per heavy atom. The molecule has 0 saturated heterocycles. The second-order valence-corrected chi connectivity index (χ2v) is 3.13. The summed E-state index contributed by atoms with van der Waals surface area (Å²) < 4.78 is 25.4. The highest BCUT2D eigenvalue weighted by atomic mass is 19.3. The van der Waals surface area contributed by atoms with Gasteiger partial charge in [0.2, 0.25) is 0 Å². The van der Waals surface area contributed by atoms with Gasteiger partial charge in [-0.15, -0.1) is 0 Å². The minimum atomic E-state index is -2.88. The number of aryl methyl sites for hydroxylation is 1. The zero-order valence-electron chi connectivity index (χ0n) is 7.93. The van der Waals surface area contributed by atoms with Crippen molar-refractivity contribution in [1.29, 1.82) is 0 Å². The summed E-state index contributed by atoms with van der Waals surface area (Å²) in [5.74, 6) is -2.45. The first kappa shape index (κ1) is 10.8. The number of nitrogens with two attached hydrogens (primary N) is 1. The second kappa shape index (κ2) is 4.32. The van der Waals surface area contributed by atoms with Crippen molar-refractivity contribution in [3.05, 3.63) is 23.9 Å². The van der Waals surface area contributed by atoms with Crippen molar-refractivity contribution in [2.45, 2.75) is 12.8 Å². The molecule has 5 heteroatoms. The van der Waals surface area contributed by atoms with E-state index in [-0.39, 0.29) is 0 Å². The van der Waals surface area contributed by atoms with Gasteiger partial charge < -0.3 is 11.1 Å². The molecule has 0 amide bonds. The SMILES string of the molecule is Cc1ccc(NCC(F)(F)CN)nc1. The van der Waals surface area contributed by atoms with E-state index in [0.29, 0.717) is 5.82 Å². The fraction of sp³-hybridized carbons (Fsp3) is 0.444. The molecule has 0 radical (unpaired) electrons. The molecule has 0 saturated carbocycles. The Morgan fingerprint density at radius 1 is 1.50 bits per heavy atom. The van der Waals surface area contributed by atoms with Gasteiger partial charge in [-0.2, -0.15) is 0 Å². The van der Waals surface area contributed by atoms with Crippen LogP contribution in [0, 0.1) is 6.92 Å². The van der Waals surface area contributed by atoms with Gasteiger partial charge in [0.25, 0.3) is 5.92 Å². The van der Waals surface area contributed by atoms with Crippen LogP contribution in [0.3, 0.4) is 0 Å². The van der Waals surface area contributed by atoms with Crippen LogP contribution in [0.1, 0.15) is 5.56 Å². The van der Waals surface area contributed by atoms with Crippen LogP contribution in [0.15, 0.2) is 18.3 Å². The number of pyridine rings is 1. The molecule has 0 aliphatic heterocycles. The number of alkyl halides is 2. The number of nitrogens with one attached hydrogen (secondary N) is 1. The highest BCUT2D eigenvalue weighted by molar-refractivity contribution is 5.35. The maximum absolute atomic E-state index is 12.7. The molecule has 0 atom stereocenters. The summed E-state index contributed by atoms with van der Waals surface area (Å²) in [4.78, 5) is 3.93. The number of hydrogen-bond donors (Lipinski definition) is 2. The van der Waals surface area contributed by atoms with Gasteiger partial charge in [-0.3, -0.25) is 0 Å². The molecular weight excluding hydrogens is 188 g/mol. The molecule has 0 unspecified atom stereocenters. The van der Waals surface area contributed by atoms with E-state index in [1.54, 1.807) is 18.3 Å². The van der Waals surface area contributed by atoms with E-state index in [1.807, 2.05) is 6.92 Å². The van der Waals surface area contributed by atoms with Crippen LogP contribution in [0.2, 0.25) is 0 Å². The van der Waals surface area contributed by atoms with E-state index in [1.165, 1.54) is 0 Å². The third kappa shape index (κ3) is 3.26. The first-order chi connectivity index (χ1) is 6.53. The minimum absolute atomic E-state index is 0.434. The van der Waals surface area contributed by atoms with Crippen LogP contribution in [0.5, 0.6) is 0 Å². The van der Waals surface area contributed by atoms with E-state index in [9.17, 15) is 8.78 Å². The van der Waals surface area contributed by atoms with E-state index < -0.39 is 19.0 Å². The maximum Gasteiger partial charge on any atom is 0.276 e. The molecule has 3 N–H and O–H groups in total. The molecule has 0 aliphatic rings. The summed E-state index contributed by atoms with van der Waals surface area (Å²) in [6.45, 7) is 0.733. The molecule has 0 spiro atoms. The summed E-state index contributed by atoms with van der Waals surface area (Å²) in [5, 5.41) is 2.52. The van der Waals surface area contributed by atoms with E-state index >= 15 is 0 Å². The van der Waals surface area contributed by atoms with Crippen molar-refractivity contribution in [1.82, 2.24) is 4.98 Å². The van der Waals surface area contributed by atoms with Crippen LogP contribution in [-0.2, 0) is 0 Å². The average Bonchev–Trinajstić information content (AvgIpc) is 2.17. The lowest BCUT2D eigenvalue weighted by molar-refractivity contribution is 0.0253. The summed E-state index contributed by atoms with van der Waals surface area (Å²) in [6, 6.07) is 3.46. The van der Waals surface area contributed by atoms with Gasteiger partial charge in [0.1, 0.15) is 5.82 Å². The van der Waals surface area contributed by atoms with E-state index in [4.69, 9.17) is 5.73 Å². The molecule has 78 valence electrons. The fourth-order valence-electron chi connectivity index (χ4n) is 0.864. The molecule has 0 aromatic carbocycles. The Morgan fingerprint density at radius 3 is 2.71 bits per heavy atom. The lowest BCUT2D eigenvalue weighted by Gasteiger charge is -2.14. The highest BCUT2D eigenvalue weighted by Gasteiger charge is 2.26. The molecule has 0 fully saturated rings. The van der Waals surface area contributed by atoms with E-state index in [0.717, 1.165) is 5.56 Å². The average molecular weight is 201 g/mol. The first-order valence-electron chi connectivity index (χ1n) is 4.28. The van der Waals surface area contributed by atoms with Gasteiger partial charge in [0.05, 0.1) is 13.1 Å². The van der Waals surface area contributed by atoms with Gasteiger partial charge in [-0.25, -0.2) is 13.8 Å². The monoisotopic (exact) mass is 201 g/mol. The molecule has 1 aromatic rings. The van der Waals surface area contributed by atoms with Crippen molar-refractivity contribution in [2.75, 3.05) is 18.4 Å². The predicted octanol–water partition coefficient (Wildman–Crippen LogP) is 1.40.